The zero-order chi connectivity index (χ0) is 14.9. The molecule has 0 spiro atoms. The minimum absolute atomic E-state index is 0.144. The van der Waals surface area contributed by atoms with Crippen LogP contribution in [0.4, 0.5) is 0 Å². The normalized spacial score (nSPS) is 12.1. The fraction of sp³-hybridized carbons (Fsp3) is 0.471. The van der Waals surface area contributed by atoms with Gasteiger partial charge in [-0.05, 0) is 33.1 Å². The van der Waals surface area contributed by atoms with Crippen LogP contribution in [0.1, 0.15) is 40.3 Å². The third kappa shape index (κ3) is 2.87. The van der Waals surface area contributed by atoms with Gasteiger partial charge in [0, 0.05) is 5.56 Å². The first-order valence-electron chi connectivity index (χ1n) is 7.17. The lowest BCUT2D eigenvalue weighted by atomic mass is 10.0. The van der Waals surface area contributed by atoms with Gasteiger partial charge in [0.1, 0.15) is 5.69 Å². The number of nitrogens with zero attached hydrogens (tertiary/aromatic N) is 2. The van der Waals surface area contributed by atoms with E-state index in [1.165, 1.54) is 0 Å². The zero-order valence-electron chi connectivity index (χ0n) is 13.0. The number of rotatable bonds is 3. The highest BCUT2D eigenvalue weighted by Crippen LogP contribution is 2.35. The van der Waals surface area contributed by atoms with Crippen molar-refractivity contribution in [3.8, 4) is 17.0 Å². The highest BCUT2D eigenvalue weighted by Gasteiger charge is 2.25. The van der Waals surface area contributed by atoms with Crippen molar-refractivity contribution < 1.29 is 5.11 Å². The van der Waals surface area contributed by atoms with Crippen LogP contribution >= 0.6 is 0 Å². The zero-order valence-corrected chi connectivity index (χ0v) is 13.0. The molecular formula is C17H24N2O. The molecule has 0 fully saturated rings. The molecule has 1 N–H and O–H groups in total. The van der Waals surface area contributed by atoms with E-state index in [0.717, 1.165) is 17.7 Å². The van der Waals surface area contributed by atoms with Crippen LogP contribution in [-0.4, -0.2) is 14.9 Å². The topological polar surface area (TPSA) is 38.1 Å². The first-order valence-corrected chi connectivity index (χ1v) is 7.17. The molecule has 0 unspecified atom stereocenters. The Hall–Kier alpha value is -1.77. The summed E-state index contributed by atoms with van der Waals surface area (Å²) in [6.07, 6.45) is 0.822. The van der Waals surface area contributed by atoms with Crippen LogP contribution in [0, 0.1) is 5.92 Å². The van der Waals surface area contributed by atoms with E-state index in [0.29, 0.717) is 17.4 Å². The Labute approximate surface area is 121 Å². The van der Waals surface area contributed by atoms with Gasteiger partial charge in [0.2, 0.25) is 0 Å². The van der Waals surface area contributed by atoms with Crippen molar-refractivity contribution in [2.75, 3.05) is 0 Å². The molecule has 0 bridgehead atoms. The molecule has 1 aromatic heterocycles. The van der Waals surface area contributed by atoms with Gasteiger partial charge >= 0.3 is 0 Å². The lowest BCUT2D eigenvalue weighted by molar-refractivity contribution is 0.334. The van der Waals surface area contributed by atoms with Crippen LogP contribution in [0.5, 0.6) is 5.75 Å². The highest BCUT2D eigenvalue weighted by atomic mass is 16.3. The van der Waals surface area contributed by atoms with Gasteiger partial charge in [-0.15, -0.1) is 0 Å². The highest BCUT2D eigenvalue weighted by molar-refractivity contribution is 5.67. The molecule has 108 valence electrons. The lowest BCUT2D eigenvalue weighted by Gasteiger charge is -2.23. The average Bonchev–Trinajstić information content (AvgIpc) is 2.67. The molecule has 20 heavy (non-hydrogen) atoms. The minimum Gasteiger partial charge on any atom is -0.504 e. The van der Waals surface area contributed by atoms with Gasteiger partial charge in [-0.1, -0.05) is 44.2 Å². The van der Waals surface area contributed by atoms with E-state index in [1.54, 1.807) is 0 Å². The summed E-state index contributed by atoms with van der Waals surface area (Å²) in [7, 11) is 0. The second-order valence-corrected chi connectivity index (χ2v) is 6.69. The summed E-state index contributed by atoms with van der Waals surface area (Å²) in [4.78, 5) is 0. The van der Waals surface area contributed by atoms with Crippen LogP contribution in [0.15, 0.2) is 30.3 Å². The third-order valence-electron chi connectivity index (χ3n) is 3.24. The number of aromatic hydroxyl groups is 1. The molecule has 0 atom stereocenters. The average molecular weight is 272 g/mol. The first-order chi connectivity index (χ1) is 9.30. The van der Waals surface area contributed by atoms with Gasteiger partial charge < -0.3 is 5.11 Å². The SMILES string of the molecule is CC(C)Cc1c(O)c(-c2ccccc2)nn1C(C)(C)C. The molecule has 0 radical (unpaired) electrons. The maximum atomic E-state index is 10.6. The van der Waals surface area contributed by atoms with Crippen LogP contribution in [-0.2, 0) is 12.0 Å². The van der Waals surface area contributed by atoms with Gasteiger partial charge in [0.05, 0.1) is 11.2 Å². The predicted octanol–water partition coefficient (Wildman–Crippen LogP) is 4.21. The largest absolute Gasteiger partial charge is 0.504 e. The second kappa shape index (κ2) is 5.31. The summed E-state index contributed by atoms with van der Waals surface area (Å²) in [5, 5.41) is 15.3. The van der Waals surface area contributed by atoms with Crippen molar-refractivity contribution >= 4 is 0 Å². The predicted molar refractivity (Wildman–Crippen MR) is 82.9 cm³/mol. The van der Waals surface area contributed by atoms with Crippen molar-refractivity contribution in [1.82, 2.24) is 9.78 Å². The summed E-state index contributed by atoms with van der Waals surface area (Å²) in [5.41, 5.74) is 2.41. The van der Waals surface area contributed by atoms with Gasteiger partial charge in [0.25, 0.3) is 0 Å². The quantitative estimate of drug-likeness (QED) is 0.909. The first kappa shape index (κ1) is 14.6. The molecule has 0 aliphatic heterocycles. The Morgan fingerprint density at radius 1 is 1.15 bits per heavy atom. The van der Waals surface area contributed by atoms with E-state index in [1.807, 2.05) is 35.0 Å². The maximum absolute atomic E-state index is 10.6. The molecule has 1 aromatic carbocycles. The summed E-state index contributed by atoms with van der Waals surface area (Å²) >= 11 is 0. The number of hydrogen-bond acceptors (Lipinski definition) is 2. The maximum Gasteiger partial charge on any atom is 0.165 e. The molecule has 3 heteroatoms. The molecule has 0 amide bonds. The molecule has 2 aromatic rings. The van der Waals surface area contributed by atoms with Gasteiger partial charge in [-0.3, -0.25) is 4.68 Å². The number of benzene rings is 1. The van der Waals surface area contributed by atoms with Crippen LogP contribution in [0.3, 0.4) is 0 Å². The van der Waals surface area contributed by atoms with Crippen LogP contribution in [0.25, 0.3) is 11.3 Å². The molecule has 0 aliphatic rings. The Balaban J connectivity index is 2.59. The standard InChI is InChI=1S/C17H24N2O/c1-12(2)11-14-16(20)15(13-9-7-6-8-10-13)18-19(14)17(3,4)5/h6-10,12,20H,11H2,1-5H3. The Morgan fingerprint density at radius 3 is 2.25 bits per heavy atom. The summed E-state index contributed by atoms with van der Waals surface area (Å²) in [6.45, 7) is 10.6. The smallest absolute Gasteiger partial charge is 0.165 e. The fourth-order valence-corrected chi connectivity index (χ4v) is 2.36. The fourth-order valence-electron chi connectivity index (χ4n) is 2.36. The van der Waals surface area contributed by atoms with E-state index in [2.05, 4.69) is 39.7 Å². The van der Waals surface area contributed by atoms with Gasteiger partial charge in [-0.2, -0.15) is 5.10 Å². The monoisotopic (exact) mass is 272 g/mol. The van der Waals surface area contributed by atoms with Crippen LogP contribution in [0.2, 0.25) is 0 Å². The van der Waals surface area contributed by atoms with E-state index in [-0.39, 0.29) is 5.54 Å². The van der Waals surface area contributed by atoms with Gasteiger partial charge in [-0.25, -0.2) is 0 Å². The van der Waals surface area contributed by atoms with E-state index in [9.17, 15) is 5.11 Å². The van der Waals surface area contributed by atoms with E-state index >= 15 is 0 Å². The summed E-state index contributed by atoms with van der Waals surface area (Å²) in [5.74, 6) is 0.794. The van der Waals surface area contributed by atoms with E-state index in [4.69, 9.17) is 0 Å². The summed E-state index contributed by atoms with van der Waals surface area (Å²) < 4.78 is 1.96. The summed E-state index contributed by atoms with van der Waals surface area (Å²) in [6, 6.07) is 9.86. The Morgan fingerprint density at radius 2 is 1.75 bits per heavy atom. The molecular weight excluding hydrogens is 248 g/mol. The van der Waals surface area contributed by atoms with Gasteiger partial charge in [0.15, 0.2) is 5.75 Å². The lowest BCUT2D eigenvalue weighted by Crippen LogP contribution is -2.26. The van der Waals surface area contributed by atoms with Crippen molar-refractivity contribution in [1.29, 1.82) is 0 Å². The van der Waals surface area contributed by atoms with Crippen molar-refractivity contribution in [2.45, 2.75) is 46.6 Å². The van der Waals surface area contributed by atoms with E-state index < -0.39 is 0 Å². The Bertz CT molecular complexity index is 577. The number of hydrogen-bond donors (Lipinski definition) is 1. The van der Waals surface area contributed by atoms with Crippen LogP contribution < -0.4 is 0 Å². The molecule has 0 aliphatic carbocycles. The molecule has 3 nitrogen and oxygen atoms in total. The minimum atomic E-state index is -0.144. The second-order valence-electron chi connectivity index (χ2n) is 6.69. The molecule has 0 saturated carbocycles. The third-order valence-corrected chi connectivity index (χ3v) is 3.24. The van der Waals surface area contributed by atoms with Crippen molar-refractivity contribution in [3.63, 3.8) is 0 Å². The molecule has 0 saturated heterocycles. The van der Waals surface area contributed by atoms with Crippen molar-refractivity contribution in [2.24, 2.45) is 5.92 Å². The van der Waals surface area contributed by atoms with Crippen molar-refractivity contribution in [3.05, 3.63) is 36.0 Å². The molecule has 1 heterocycles. The molecule has 2 rings (SSSR count). The number of aromatic nitrogens is 2. The Kier molecular flexibility index (Phi) is 3.89.